The zero-order chi connectivity index (χ0) is 14.8. The molecular weight excluding hydrogens is 268 g/mol. The summed E-state index contributed by atoms with van der Waals surface area (Å²) in [7, 11) is 0. The van der Waals surface area contributed by atoms with Gasteiger partial charge < -0.3 is 15.7 Å². The summed E-state index contributed by atoms with van der Waals surface area (Å²) in [4.78, 5) is 23.7. The molecule has 1 heterocycles. The van der Waals surface area contributed by atoms with Gasteiger partial charge >= 0.3 is 5.97 Å². The summed E-state index contributed by atoms with van der Waals surface area (Å²) in [6, 6.07) is 5.52. The number of rotatable bonds is 3. The Bertz CT molecular complexity index is 571. The number of benzene rings is 1. The number of hydrogen-bond acceptors (Lipinski definition) is 3. The molecular formula is C16H20N2O3. The van der Waals surface area contributed by atoms with E-state index in [2.05, 4.69) is 10.6 Å². The van der Waals surface area contributed by atoms with E-state index in [1.165, 1.54) is 0 Å². The van der Waals surface area contributed by atoms with Crippen LogP contribution in [0.1, 0.15) is 40.7 Å². The van der Waals surface area contributed by atoms with Gasteiger partial charge in [0.1, 0.15) is 0 Å². The van der Waals surface area contributed by atoms with Crippen LogP contribution in [-0.4, -0.2) is 29.6 Å². The van der Waals surface area contributed by atoms with Crippen molar-refractivity contribution in [3.63, 3.8) is 0 Å². The summed E-state index contributed by atoms with van der Waals surface area (Å²) >= 11 is 0. The normalized spacial score (nSPS) is 24.4. The Morgan fingerprint density at radius 1 is 1.29 bits per heavy atom. The van der Waals surface area contributed by atoms with Gasteiger partial charge in [0, 0.05) is 18.2 Å². The fourth-order valence-electron chi connectivity index (χ4n) is 3.42. The fraction of sp³-hybridized carbons (Fsp3) is 0.500. The van der Waals surface area contributed by atoms with Crippen LogP contribution < -0.4 is 10.6 Å². The lowest BCUT2D eigenvalue weighted by Gasteiger charge is -2.22. The second-order valence-electron chi connectivity index (χ2n) is 5.83. The zero-order valence-electron chi connectivity index (χ0n) is 11.9. The molecule has 5 nitrogen and oxygen atoms in total. The van der Waals surface area contributed by atoms with Gasteiger partial charge in [0.25, 0.3) is 5.91 Å². The first-order valence-electron chi connectivity index (χ1n) is 7.52. The van der Waals surface area contributed by atoms with Crippen LogP contribution in [-0.2, 0) is 17.8 Å². The fourth-order valence-corrected chi connectivity index (χ4v) is 3.42. The first kappa shape index (κ1) is 14.1. The third-order valence-corrected chi connectivity index (χ3v) is 4.53. The number of carboxylic acid groups (broad SMARTS) is 1. The van der Waals surface area contributed by atoms with Gasteiger partial charge in [-0.15, -0.1) is 0 Å². The number of carbonyl (C=O) groups is 2. The Hall–Kier alpha value is -1.88. The topological polar surface area (TPSA) is 78.4 Å². The molecule has 1 aromatic rings. The number of nitrogens with one attached hydrogen (secondary N) is 2. The molecule has 2 atom stereocenters. The first-order valence-corrected chi connectivity index (χ1v) is 7.52. The van der Waals surface area contributed by atoms with Crippen molar-refractivity contribution >= 4 is 11.9 Å². The summed E-state index contributed by atoms with van der Waals surface area (Å²) in [5.74, 6) is -1.39. The highest BCUT2D eigenvalue weighted by molar-refractivity contribution is 5.96. The summed E-state index contributed by atoms with van der Waals surface area (Å²) in [6.45, 7) is 1.66. The van der Waals surface area contributed by atoms with E-state index in [1.807, 2.05) is 18.2 Å². The summed E-state index contributed by atoms with van der Waals surface area (Å²) in [5.41, 5.74) is 2.96. The van der Waals surface area contributed by atoms with E-state index in [1.54, 1.807) is 0 Å². The van der Waals surface area contributed by atoms with Gasteiger partial charge in [0.2, 0.25) is 0 Å². The third-order valence-electron chi connectivity index (χ3n) is 4.53. The molecule has 0 spiro atoms. The second-order valence-corrected chi connectivity index (χ2v) is 5.83. The van der Waals surface area contributed by atoms with E-state index in [9.17, 15) is 14.7 Å². The quantitative estimate of drug-likeness (QED) is 0.784. The molecule has 1 aliphatic carbocycles. The highest BCUT2D eigenvalue weighted by Gasteiger charge is 2.34. The molecule has 0 bridgehead atoms. The van der Waals surface area contributed by atoms with Gasteiger partial charge in [-0.05, 0) is 43.0 Å². The molecule has 112 valence electrons. The smallest absolute Gasteiger partial charge is 0.308 e. The van der Waals surface area contributed by atoms with Gasteiger partial charge in [0.15, 0.2) is 0 Å². The maximum atomic E-state index is 12.5. The largest absolute Gasteiger partial charge is 0.481 e. The van der Waals surface area contributed by atoms with Crippen LogP contribution in [0.3, 0.4) is 0 Å². The van der Waals surface area contributed by atoms with Gasteiger partial charge in [-0.1, -0.05) is 18.6 Å². The Labute approximate surface area is 123 Å². The SMILES string of the molecule is O=C(NC1CCCC1C(=O)O)c1cccc2c1CCNC2. The minimum absolute atomic E-state index is 0.133. The van der Waals surface area contributed by atoms with Crippen LogP contribution in [0.25, 0.3) is 0 Å². The van der Waals surface area contributed by atoms with E-state index in [-0.39, 0.29) is 11.9 Å². The maximum absolute atomic E-state index is 12.5. The monoisotopic (exact) mass is 288 g/mol. The van der Waals surface area contributed by atoms with Crippen LogP contribution in [0.4, 0.5) is 0 Å². The first-order chi connectivity index (χ1) is 10.2. The Kier molecular flexibility index (Phi) is 3.92. The molecule has 21 heavy (non-hydrogen) atoms. The van der Waals surface area contributed by atoms with Gasteiger partial charge in [-0.25, -0.2) is 0 Å². The number of fused-ring (bicyclic) bond motifs is 1. The molecule has 0 aromatic heterocycles. The predicted octanol–water partition coefficient (Wildman–Crippen LogP) is 1.32. The number of carbonyl (C=O) groups excluding carboxylic acids is 1. The van der Waals surface area contributed by atoms with Crippen molar-refractivity contribution in [2.24, 2.45) is 5.92 Å². The van der Waals surface area contributed by atoms with Crippen LogP contribution in [0.2, 0.25) is 0 Å². The predicted molar refractivity (Wildman–Crippen MR) is 78.1 cm³/mol. The highest BCUT2D eigenvalue weighted by Crippen LogP contribution is 2.27. The Morgan fingerprint density at radius 2 is 2.14 bits per heavy atom. The molecule has 5 heteroatoms. The molecule has 1 aliphatic heterocycles. The van der Waals surface area contributed by atoms with Crippen molar-refractivity contribution in [1.29, 1.82) is 0 Å². The minimum Gasteiger partial charge on any atom is -0.481 e. The molecule has 1 aromatic carbocycles. The number of aliphatic carboxylic acids is 1. The van der Waals surface area contributed by atoms with Crippen LogP contribution in [0.5, 0.6) is 0 Å². The van der Waals surface area contributed by atoms with Crippen molar-refractivity contribution < 1.29 is 14.7 Å². The van der Waals surface area contributed by atoms with Crippen molar-refractivity contribution in [1.82, 2.24) is 10.6 Å². The molecule has 2 unspecified atom stereocenters. The van der Waals surface area contributed by atoms with E-state index < -0.39 is 11.9 Å². The second kappa shape index (κ2) is 5.85. The zero-order valence-corrected chi connectivity index (χ0v) is 11.9. The molecule has 3 rings (SSSR count). The van der Waals surface area contributed by atoms with E-state index in [0.29, 0.717) is 12.0 Å². The number of hydrogen-bond donors (Lipinski definition) is 3. The molecule has 0 saturated heterocycles. The maximum Gasteiger partial charge on any atom is 0.308 e. The lowest BCUT2D eigenvalue weighted by Crippen LogP contribution is -2.41. The third kappa shape index (κ3) is 2.78. The van der Waals surface area contributed by atoms with Crippen molar-refractivity contribution in [3.05, 3.63) is 34.9 Å². The lowest BCUT2D eigenvalue weighted by atomic mass is 9.94. The van der Waals surface area contributed by atoms with Crippen molar-refractivity contribution in [2.45, 2.75) is 38.3 Å². The summed E-state index contributed by atoms with van der Waals surface area (Å²) < 4.78 is 0. The summed E-state index contributed by atoms with van der Waals surface area (Å²) in [5, 5.41) is 15.4. The highest BCUT2D eigenvalue weighted by atomic mass is 16.4. The van der Waals surface area contributed by atoms with Gasteiger partial charge in [0.05, 0.1) is 5.92 Å². The average molecular weight is 288 g/mol. The molecule has 0 radical (unpaired) electrons. The van der Waals surface area contributed by atoms with Gasteiger partial charge in [-0.2, -0.15) is 0 Å². The molecule has 2 aliphatic rings. The van der Waals surface area contributed by atoms with Crippen LogP contribution >= 0.6 is 0 Å². The Morgan fingerprint density at radius 3 is 2.95 bits per heavy atom. The average Bonchev–Trinajstić information content (AvgIpc) is 2.95. The summed E-state index contributed by atoms with van der Waals surface area (Å²) in [6.07, 6.45) is 3.10. The van der Waals surface area contributed by atoms with Crippen molar-refractivity contribution in [2.75, 3.05) is 6.54 Å². The van der Waals surface area contributed by atoms with E-state index in [0.717, 1.165) is 43.5 Å². The lowest BCUT2D eigenvalue weighted by molar-refractivity contribution is -0.142. The number of carboxylic acids is 1. The minimum atomic E-state index is -0.808. The molecule has 1 amide bonds. The van der Waals surface area contributed by atoms with Crippen molar-refractivity contribution in [3.8, 4) is 0 Å². The van der Waals surface area contributed by atoms with E-state index >= 15 is 0 Å². The molecule has 1 saturated carbocycles. The van der Waals surface area contributed by atoms with Crippen LogP contribution in [0.15, 0.2) is 18.2 Å². The number of amides is 1. The van der Waals surface area contributed by atoms with Gasteiger partial charge in [-0.3, -0.25) is 9.59 Å². The standard InChI is InChI=1S/C16H20N2O3/c19-15(18-14-6-2-5-13(14)16(20)21)12-4-1-3-10-9-17-8-7-11(10)12/h1,3-4,13-14,17H,2,5-9H2,(H,18,19)(H,20,21). The molecule has 1 fully saturated rings. The van der Waals surface area contributed by atoms with E-state index in [4.69, 9.17) is 0 Å². The molecule has 3 N–H and O–H groups in total. The van der Waals surface area contributed by atoms with Crippen LogP contribution in [0, 0.1) is 5.92 Å². The Balaban J connectivity index is 1.78.